The predicted molar refractivity (Wildman–Crippen MR) is 140 cm³/mol. The Balaban J connectivity index is 1.46. The lowest BCUT2D eigenvalue weighted by molar-refractivity contribution is -0.210. The first-order chi connectivity index (χ1) is 17.5. The fourth-order valence-corrected chi connectivity index (χ4v) is 4.60. The maximum Gasteiger partial charge on any atom is 0.352 e. The number of benzene rings is 3. The second-order valence-corrected chi connectivity index (χ2v) is 9.37. The van der Waals surface area contributed by atoms with Crippen LogP contribution >= 0.6 is 0 Å². The van der Waals surface area contributed by atoms with Crippen LogP contribution in [0.1, 0.15) is 42.3 Å². The number of hydrogen-bond acceptors (Lipinski definition) is 5. The highest BCUT2D eigenvalue weighted by Gasteiger charge is 2.27. The number of aromatic nitrogens is 1. The molecule has 5 heteroatoms. The summed E-state index contributed by atoms with van der Waals surface area (Å²) in [7, 11) is 0. The summed E-state index contributed by atoms with van der Waals surface area (Å²) in [6.07, 6.45) is 5.05. The lowest BCUT2D eigenvalue weighted by atomic mass is 9.93. The lowest BCUT2D eigenvalue weighted by Crippen LogP contribution is -2.05. The van der Waals surface area contributed by atoms with E-state index in [2.05, 4.69) is 79.4 Å². The van der Waals surface area contributed by atoms with Crippen LogP contribution in [0.4, 0.5) is 0 Å². The molecule has 0 aliphatic heterocycles. The second-order valence-electron chi connectivity index (χ2n) is 9.37. The van der Waals surface area contributed by atoms with Crippen molar-refractivity contribution >= 4 is 11.5 Å². The number of carbonyl (C=O) groups is 1. The minimum Gasteiger partial charge on any atom is -0.436 e. The maximum absolute atomic E-state index is 11.1. The van der Waals surface area contributed by atoms with Crippen molar-refractivity contribution in [2.24, 2.45) is 5.92 Å². The third-order valence-corrected chi connectivity index (χ3v) is 6.47. The smallest absolute Gasteiger partial charge is 0.352 e. The van der Waals surface area contributed by atoms with Gasteiger partial charge in [-0.15, -0.1) is 0 Å². The molecule has 3 aromatic carbocycles. The molecule has 4 aromatic rings. The monoisotopic (exact) mass is 479 g/mol. The van der Waals surface area contributed by atoms with Crippen molar-refractivity contribution in [1.82, 2.24) is 4.98 Å². The van der Waals surface area contributed by atoms with Crippen LogP contribution < -0.4 is 4.89 Å². The van der Waals surface area contributed by atoms with E-state index in [1.807, 2.05) is 12.1 Å². The van der Waals surface area contributed by atoms with Gasteiger partial charge in [-0.1, -0.05) is 77.9 Å². The van der Waals surface area contributed by atoms with Crippen molar-refractivity contribution in [3.8, 4) is 28.3 Å². The first-order valence-corrected chi connectivity index (χ1v) is 12.3. The Morgan fingerprint density at radius 1 is 0.972 bits per heavy atom. The summed E-state index contributed by atoms with van der Waals surface area (Å²) >= 11 is 0. The Morgan fingerprint density at radius 2 is 1.67 bits per heavy atom. The number of rotatable bonds is 7. The van der Waals surface area contributed by atoms with E-state index >= 15 is 0 Å². The van der Waals surface area contributed by atoms with E-state index in [1.165, 1.54) is 18.1 Å². The van der Waals surface area contributed by atoms with Crippen molar-refractivity contribution in [2.75, 3.05) is 0 Å². The average molecular weight is 480 g/mol. The number of hydrogen-bond donors (Lipinski definition) is 0. The van der Waals surface area contributed by atoms with Crippen molar-refractivity contribution in [2.45, 2.75) is 40.0 Å². The largest absolute Gasteiger partial charge is 0.436 e. The lowest BCUT2D eigenvalue weighted by Gasteiger charge is -2.13. The molecule has 5 rings (SSSR count). The number of nitrogens with zero attached hydrogens (tertiary/aromatic N) is 1. The van der Waals surface area contributed by atoms with Gasteiger partial charge in [0, 0.05) is 23.6 Å². The van der Waals surface area contributed by atoms with Crippen molar-refractivity contribution in [3.05, 3.63) is 101 Å². The fraction of sp³-hybridized carbons (Fsp3) is 0.226. The SMILES string of the molecule is CC(=O)OOc1cccc(CC2CCC=C2c2nc(-c3ccc(C)cc3)c(-c3ccc(C)cc3)o2)c1. The molecule has 1 unspecified atom stereocenters. The summed E-state index contributed by atoms with van der Waals surface area (Å²) in [4.78, 5) is 25.9. The summed E-state index contributed by atoms with van der Waals surface area (Å²) in [6, 6.07) is 24.4. The summed E-state index contributed by atoms with van der Waals surface area (Å²) < 4.78 is 6.50. The Morgan fingerprint density at radius 3 is 2.36 bits per heavy atom. The van der Waals surface area contributed by atoms with E-state index in [-0.39, 0.29) is 5.92 Å². The molecule has 182 valence electrons. The standard InChI is InChI=1S/C31H29NO4/c1-20-10-14-24(15-11-20)29-30(25-16-12-21(2)13-17-25)34-31(32-29)28-9-5-7-26(28)18-23-6-4-8-27(19-23)36-35-22(3)33/h4,6,8-17,19,26H,5,7,18H2,1-3H3. The Bertz CT molecular complexity index is 1330. The molecule has 1 aromatic heterocycles. The first-order valence-electron chi connectivity index (χ1n) is 12.3. The summed E-state index contributed by atoms with van der Waals surface area (Å²) in [6.45, 7) is 5.47. The Kier molecular flexibility index (Phi) is 6.72. The topological polar surface area (TPSA) is 61.6 Å². The fourth-order valence-electron chi connectivity index (χ4n) is 4.60. The van der Waals surface area contributed by atoms with Gasteiger partial charge >= 0.3 is 5.97 Å². The summed E-state index contributed by atoms with van der Waals surface area (Å²) in [5.74, 6) is 1.75. The molecule has 1 aliphatic rings. The third kappa shape index (κ3) is 5.25. The number of aryl methyl sites for hydroxylation is 2. The Labute approximate surface area is 211 Å². The molecule has 0 saturated heterocycles. The van der Waals surface area contributed by atoms with Crippen LogP contribution in [-0.4, -0.2) is 11.0 Å². The first kappa shape index (κ1) is 23.6. The number of carbonyl (C=O) groups excluding carboxylic acids is 1. The van der Waals surface area contributed by atoms with Crippen molar-refractivity contribution < 1.29 is 19.0 Å². The molecule has 0 fully saturated rings. The van der Waals surface area contributed by atoms with Crippen molar-refractivity contribution in [3.63, 3.8) is 0 Å². The van der Waals surface area contributed by atoms with Crippen LogP contribution in [0, 0.1) is 19.8 Å². The molecule has 1 aliphatic carbocycles. The van der Waals surface area contributed by atoms with Crippen LogP contribution in [0.15, 0.2) is 83.3 Å². The highest BCUT2D eigenvalue weighted by atomic mass is 17.2. The normalized spacial score (nSPS) is 15.0. The molecule has 1 atom stereocenters. The van der Waals surface area contributed by atoms with Gasteiger partial charge in [0.25, 0.3) is 0 Å². The van der Waals surface area contributed by atoms with Gasteiger partial charge in [-0.2, -0.15) is 0 Å². The molecule has 0 saturated carbocycles. The zero-order valence-electron chi connectivity index (χ0n) is 20.8. The highest BCUT2D eigenvalue weighted by Crippen LogP contribution is 2.41. The van der Waals surface area contributed by atoms with Gasteiger partial charge in [0.2, 0.25) is 5.89 Å². The van der Waals surface area contributed by atoms with Gasteiger partial charge in [0.05, 0.1) is 0 Å². The number of oxazole rings is 1. The van der Waals surface area contributed by atoms with Crippen LogP contribution in [0.2, 0.25) is 0 Å². The molecule has 1 heterocycles. The van der Waals surface area contributed by atoms with Crippen LogP contribution in [0.25, 0.3) is 28.2 Å². The maximum atomic E-state index is 11.1. The molecular formula is C31H29NO4. The average Bonchev–Trinajstić information content (AvgIpc) is 3.51. The zero-order chi connectivity index (χ0) is 25.1. The van der Waals surface area contributed by atoms with Crippen LogP contribution in [0.5, 0.6) is 5.75 Å². The molecule has 5 nitrogen and oxygen atoms in total. The van der Waals surface area contributed by atoms with E-state index in [1.54, 1.807) is 6.07 Å². The molecule has 0 amide bonds. The van der Waals surface area contributed by atoms with Crippen molar-refractivity contribution in [1.29, 1.82) is 0 Å². The van der Waals surface area contributed by atoms with Gasteiger partial charge < -0.3 is 4.42 Å². The number of allylic oxidation sites excluding steroid dienone is 2. The van der Waals surface area contributed by atoms with Crippen LogP contribution in [-0.2, 0) is 16.1 Å². The summed E-state index contributed by atoms with van der Waals surface area (Å²) in [5, 5.41) is 0. The van der Waals surface area contributed by atoms with Gasteiger partial charge in [0.15, 0.2) is 11.5 Å². The molecule has 36 heavy (non-hydrogen) atoms. The van der Waals surface area contributed by atoms with Gasteiger partial charge in [-0.05, 0) is 56.7 Å². The van der Waals surface area contributed by atoms with Gasteiger partial charge in [0.1, 0.15) is 5.69 Å². The van der Waals surface area contributed by atoms with E-state index in [0.717, 1.165) is 53.0 Å². The minimum atomic E-state index is -0.487. The van der Waals surface area contributed by atoms with E-state index in [9.17, 15) is 4.79 Å². The third-order valence-electron chi connectivity index (χ3n) is 6.47. The molecule has 0 radical (unpaired) electrons. The molecule has 0 bridgehead atoms. The highest BCUT2D eigenvalue weighted by molar-refractivity contribution is 5.79. The molecule has 0 N–H and O–H groups in total. The van der Waals surface area contributed by atoms with E-state index in [4.69, 9.17) is 14.3 Å². The minimum absolute atomic E-state index is 0.268. The van der Waals surface area contributed by atoms with Crippen LogP contribution in [0.3, 0.4) is 0 Å². The summed E-state index contributed by atoms with van der Waals surface area (Å²) in [5.41, 5.74) is 7.55. The second kappa shape index (κ2) is 10.2. The quantitative estimate of drug-likeness (QED) is 0.203. The van der Waals surface area contributed by atoms with E-state index in [0.29, 0.717) is 11.6 Å². The van der Waals surface area contributed by atoms with Gasteiger partial charge in [-0.3, -0.25) is 9.78 Å². The van der Waals surface area contributed by atoms with Gasteiger partial charge in [-0.25, -0.2) is 9.78 Å². The predicted octanol–water partition coefficient (Wildman–Crippen LogP) is 7.52. The Hall–Kier alpha value is -4.12. The molecule has 0 spiro atoms. The van der Waals surface area contributed by atoms with E-state index < -0.39 is 5.97 Å². The molecular weight excluding hydrogens is 450 g/mol. The zero-order valence-corrected chi connectivity index (χ0v) is 20.8.